The van der Waals surface area contributed by atoms with Gasteiger partial charge in [-0.2, -0.15) is 0 Å². The summed E-state index contributed by atoms with van der Waals surface area (Å²) in [6, 6.07) is 0.00937. The average Bonchev–Trinajstić information content (AvgIpc) is 2.28. The van der Waals surface area contributed by atoms with Gasteiger partial charge >= 0.3 is 0 Å². The summed E-state index contributed by atoms with van der Waals surface area (Å²) >= 11 is 0. The maximum atomic E-state index is 12.3. The summed E-state index contributed by atoms with van der Waals surface area (Å²) in [5.74, 6) is -0.534. The Morgan fingerprint density at radius 1 is 1.59 bits per heavy atom. The summed E-state index contributed by atoms with van der Waals surface area (Å²) in [5.41, 5.74) is 0. The van der Waals surface area contributed by atoms with Gasteiger partial charge < -0.3 is 15.3 Å². The Morgan fingerprint density at radius 2 is 2.29 bits per heavy atom. The van der Waals surface area contributed by atoms with E-state index in [9.17, 15) is 13.6 Å². The van der Waals surface area contributed by atoms with Gasteiger partial charge in [-0.1, -0.05) is 0 Å². The molecule has 6 heteroatoms. The van der Waals surface area contributed by atoms with Crippen LogP contribution >= 0.6 is 0 Å². The average molecular weight is 250 g/mol. The summed E-state index contributed by atoms with van der Waals surface area (Å²) in [4.78, 5) is 13.1. The van der Waals surface area contributed by atoms with E-state index >= 15 is 0 Å². The van der Waals surface area contributed by atoms with E-state index in [1.165, 1.54) is 0 Å². The van der Waals surface area contributed by atoms with Crippen molar-refractivity contribution in [2.75, 3.05) is 26.2 Å². The van der Waals surface area contributed by atoms with Gasteiger partial charge in [-0.25, -0.2) is 8.78 Å². The Bertz CT molecular complexity index is 252. The second-order valence-electron chi connectivity index (χ2n) is 4.39. The van der Waals surface area contributed by atoms with Crippen LogP contribution < -0.4 is 5.32 Å². The molecule has 1 rings (SSSR count). The van der Waals surface area contributed by atoms with Crippen LogP contribution in [0, 0.1) is 5.92 Å². The van der Waals surface area contributed by atoms with Crippen molar-refractivity contribution in [2.24, 2.45) is 5.92 Å². The molecule has 0 aromatic carbocycles. The molecule has 1 heterocycles. The molecule has 2 unspecified atom stereocenters. The highest BCUT2D eigenvalue weighted by molar-refractivity contribution is 5.79. The van der Waals surface area contributed by atoms with Crippen LogP contribution in [-0.2, 0) is 4.79 Å². The number of piperidine rings is 1. The molecule has 2 atom stereocenters. The highest BCUT2D eigenvalue weighted by Crippen LogP contribution is 2.19. The Kier molecular flexibility index (Phi) is 5.77. The van der Waals surface area contributed by atoms with Crippen molar-refractivity contribution in [1.29, 1.82) is 0 Å². The van der Waals surface area contributed by atoms with Crippen molar-refractivity contribution < 1.29 is 18.7 Å². The minimum absolute atomic E-state index is 0.00937. The molecule has 0 bridgehead atoms. The molecule has 0 aliphatic carbocycles. The minimum atomic E-state index is -2.56. The number of carbonyl (C=O) groups excluding carboxylic acids is 1. The number of aliphatic hydroxyl groups excluding tert-OH is 1. The lowest BCUT2D eigenvalue weighted by Crippen LogP contribution is -2.49. The van der Waals surface area contributed by atoms with Crippen molar-refractivity contribution >= 4 is 5.91 Å². The van der Waals surface area contributed by atoms with Crippen molar-refractivity contribution in [2.45, 2.75) is 32.2 Å². The number of hydrogen-bond acceptors (Lipinski definition) is 3. The molecule has 1 aliphatic rings. The zero-order valence-corrected chi connectivity index (χ0v) is 10.0. The van der Waals surface area contributed by atoms with E-state index in [-0.39, 0.29) is 31.0 Å². The summed E-state index contributed by atoms with van der Waals surface area (Å²) in [6.45, 7) is 1.85. The third kappa shape index (κ3) is 4.20. The highest BCUT2D eigenvalue weighted by Gasteiger charge is 2.31. The third-order valence-electron chi connectivity index (χ3n) is 3.12. The van der Waals surface area contributed by atoms with Crippen LogP contribution in [-0.4, -0.2) is 54.6 Å². The van der Waals surface area contributed by atoms with Gasteiger partial charge in [-0.05, 0) is 26.3 Å². The van der Waals surface area contributed by atoms with Gasteiger partial charge in [-0.15, -0.1) is 0 Å². The fourth-order valence-corrected chi connectivity index (χ4v) is 2.19. The first-order valence-electron chi connectivity index (χ1n) is 5.97. The zero-order valence-electron chi connectivity index (χ0n) is 10.0. The fraction of sp³-hybridized carbons (Fsp3) is 0.909. The number of rotatable bonds is 5. The summed E-state index contributed by atoms with van der Waals surface area (Å²) in [6.07, 6.45) is -0.960. The Balaban J connectivity index is 2.61. The highest BCUT2D eigenvalue weighted by atomic mass is 19.3. The molecule has 0 aromatic heterocycles. The van der Waals surface area contributed by atoms with Gasteiger partial charge in [0.25, 0.3) is 6.43 Å². The lowest BCUT2D eigenvalue weighted by molar-refractivity contribution is -0.139. The first kappa shape index (κ1) is 14.3. The molecule has 100 valence electrons. The van der Waals surface area contributed by atoms with E-state index in [4.69, 9.17) is 5.11 Å². The van der Waals surface area contributed by atoms with Gasteiger partial charge in [0.05, 0.1) is 19.1 Å². The molecule has 1 fully saturated rings. The normalized spacial score (nSPS) is 25.0. The number of aliphatic hydroxyl groups is 1. The monoisotopic (exact) mass is 250 g/mol. The van der Waals surface area contributed by atoms with E-state index in [1.54, 1.807) is 0 Å². The molecule has 0 saturated carbocycles. The maximum Gasteiger partial charge on any atom is 0.255 e. The molecule has 1 saturated heterocycles. The molecule has 1 amide bonds. The predicted molar refractivity (Wildman–Crippen MR) is 59.9 cm³/mol. The van der Waals surface area contributed by atoms with Gasteiger partial charge in [-0.3, -0.25) is 4.79 Å². The lowest BCUT2D eigenvalue weighted by atomic mass is 9.90. The molecule has 0 spiro atoms. The largest absolute Gasteiger partial charge is 0.395 e. The van der Waals surface area contributed by atoms with Crippen molar-refractivity contribution in [1.82, 2.24) is 10.2 Å². The lowest BCUT2D eigenvalue weighted by Gasteiger charge is -2.33. The van der Waals surface area contributed by atoms with E-state index in [0.717, 1.165) is 24.3 Å². The number of carbonyl (C=O) groups is 1. The fourth-order valence-electron chi connectivity index (χ4n) is 2.19. The van der Waals surface area contributed by atoms with Gasteiger partial charge in [0, 0.05) is 12.6 Å². The van der Waals surface area contributed by atoms with Crippen LogP contribution in [0.2, 0.25) is 0 Å². The number of halogens is 2. The smallest absolute Gasteiger partial charge is 0.255 e. The Hall–Kier alpha value is -0.750. The zero-order chi connectivity index (χ0) is 12.8. The van der Waals surface area contributed by atoms with E-state index in [0.29, 0.717) is 0 Å². The minimum Gasteiger partial charge on any atom is -0.395 e. The van der Waals surface area contributed by atoms with Gasteiger partial charge in [0.1, 0.15) is 0 Å². The molecule has 0 radical (unpaired) electrons. The number of alkyl halides is 2. The molecular weight excluding hydrogens is 230 g/mol. The number of hydrogen-bond donors (Lipinski definition) is 2. The molecular formula is C11H20F2N2O2. The number of amides is 1. The molecule has 17 heavy (non-hydrogen) atoms. The topological polar surface area (TPSA) is 52.6 Å². The van der Waals surface area contributed by atoms with Crippen LogP contribution in [0.25, 0.3) is 0 Å². The maximum absolute atomic E-state index is 12.3. The van der Waals surface area contributed by atoms with Crippen molar-refractivity contribution in [3.05, 3.63) is 0 Å². The van der Waals surface area contributed by atoms with E-state index in [1.807, 2.05) is 6.92 Å². The van der Waals surface area contributed by atoms with Gasteiger partial charge in [0.2, 0.25) is 5.91 Å². The van der Waals surface area contributed by atoms with Gasteiger partial charge in [0.15, 0.2) is 0 Å². The number of nitrogens with zero attached hydrogens (tertiary/aromatic N) is 1. The second kappa shape index (κ2) is 6.86. The van der Waals surface area contributed by atoms with Crippen molar-refractivity contribution in [3.8, 4) is 0 Å². The van der Waals surface area contributed by atoms with Crippen LogP contribution in [0.4, 0.5) is 8.78 Å². The predicted octanol–water partition coefficient (Wildman–Crippen LogP) is 0.460. The van der Waals surface area contributed by atoms with E-state index in [2.05, 4.69) is 5.32 Å². The standard InChI is InChI=1S/C11H20F2N2O2/c1-8-9(3-2-4-14-8)11(17)15(5-6-16)7-10(12)13/h8-10,14,16H,2-7H2,1H3. The second-order valence-corrected chi connectivity index (χ2v) is 4.39. The molecule has 4 nitrogen and oxygen atoms in total. The molecule has 2 N–H and O–H groups in total. The SMILES string of the molecule is CC1NCCCC1C(=O)N(CCO)CC(F)F. The molecule has 1 aliphatic heterocycles. The Morgan fingerprint density at radius 3 is 2.82 bits per heavy atom. The van der Waals surface area contributed by atoms with Crippen molar-refractivity contribution in [3.63, 3.8) is 0 Å². The quantitative estimate of drug-likeness (QED) is 0.745. The van der Waals surface area contributed by atoms with Crippen LogP contribution in [0.1, 0.15) is 19.8 Å². The van der Waals surface area contributed by atoms with Crippen LogP contribution in [0.3, 0.4) is 0 Å². The van der Waals surface area contributed by atoms with Crippen LogP contribution in [0.5, 0.6) is 0 Å². The van der Waals surface area contributed by atoms with Crippen LogP contribution in [0.15, 0.2) is 0 Å². The first-order chi connectivity index (χ1) is 8.06. The first-order valence-corrected chi connectivity index (χ1v) is 5.97. The number of nitrogens with one attached hydrogen (secondary N) is 1. The van der Waals surface area contributed by atoms with E-state index < -0.39 is 13.0 Å². The summed E-state index contributed by atoms with van der Waals surface area (Å²) in [7, 11) is 0. The third-order valence-corrected chi connectivity index (χ3v) is 3.12. The Labute approximate surface area is 100.0 Å². The summed E-state index contributed by atoms with van der Waals surface area (Å²) in [5, 5.41) is 12.0. The molecule has 0 aromatic rings. The summed E-state index contributed by atoms with van der Waals surface area (Å²) < 4.78 is 24.7.